The van der Waals surface area contributed by atoms with Crippen molar-refractivity contribution in [1.29, 1.82) is 0 Å². The summed E-state index contributed by atoms with van der Waals surface area (Å²) in [6.07, 6.45) is 1.62. The maximum atomic E-state index is 12.4. The number of hydrogen-bond acceptors (Lipinski definition) is 4. The molecule has 0 aliphatic carbocycles. The van der Waals surface area contributed by atoms with Crippen molar-refractivity contribution < 1.29 is 9.90 Å². The van der Waals surface area contributed by atoms with Crippen LogP contribution in [0.15, 0.2) is 29.6 Å². The molecule has 2 aromatic rings. The second-order valence-corrected chi connectivity index (χ2v) is 6.57. The lowest BCUT2D eigenvalue weighted by molar-refractivity contribution is -0.115. The molecule has 118 valence electrons. The summed E-state index contributed by atoms with van der Waals surface area (Å²) in [4.78, 5) is 16.6. The fourth-order valence-corrected chi connectivity index (χ4v) is 3.00. The molecule has 2 rings (SSSR count). The molecule has 1 aromatic heterocycles. The lowest BCUT2D eigenvalue weighted by atomic mass is 10.1. The third kappa shape index (κ3) is 3.51. The van der Waals surface area contributed by atoms with Gasteiger partial charge in [-0.1, -0.05) is 30.0 Å². The number of aryl methyl sites for hydroxylation is 2. The number of carbonyl (C=O) groups is 1. The van der Waals surface area contributed by atoms with Crippen LogP contribution in [0.25, 0.3) is 0 Å². The summed E-state index contributed by atoms with van der Waals surface area (Å²) in [5.74, 6) is -0.0593. The SMILES string of the molecule is Cc1cccc(C)c1NC(=O)C(C)Sc1ncc(CO)n1C. The Morgan fingerprint density at radius 3 is 2.59 bits per heavy atom. The number of imidazole rings is 1. The van der Waals surface area contributed by atoms with Gasteiger partial charge in [0.05, 0.1) is 23.7 Å². The number of nitrogens with zero attached hydrogens (tertiary/aromatic N) is 2. The number of rotatable bonds is 5. The van der Waals surface area contributed by atoms with Crippen LogP contribution in [0.1, 0.15) is 23.7 Å². The van der Waals surface area contributed by atoms with Gasteiger partial charge in [-0.05, 0) is 31.9 Å². The Morgan fingerprint density at radius 2 is 2.05 bits per heavy atom. The highest BCUT2D eigenvalue weighted by Gasteiger charge is 2.19. The Bertz CT molecular complexity index is 662. The number of thioether (sulfide) groups is 1. The second-order valence-electron chi connectivity index (χ2n) is 5.27. The zero-order valence-corrected chi connectivity index (χ0v) is 14.1. The van der Waals surface area contributed by atoms with Crippen molar-refractivity contribution in [2.45, 2.75) is 37.8 Å². The molecule has 1 heterocycles. The maximum Gasteiger partial charge on any atom is 0.237 e. The first-order valence-electron chi connectivity index (χ1n) is 7.09. The molecule has 0 bridgehead atoms. The molecule has 22 heavy (non-hydrogen) atoms. The summed E-state index contributed by atoms with van der Waals surface area (Å²) in [6.45, 7) is 5.74. The predicted molar refractivity (Wildman–Crippen MR) is 89.0 cm³/mol. The molecule has 6 heteroatoms. The number of aliphatic hydroxyl groups excluding tert-OH is 1. The van der Waals surface area contributed by atoms with Crippen molar-refractivity contribution in [3.05, 3.63) is 41.2 Å². The van der Waals surface area contributed by atoms with Crippen molar-refractivity contribution in [2.24, 2.45) is 7.05 Å². The molecule has 2 N–H and O–H groups in total. The van der Waals surface area contributed by atoms with Gasteiger partial charge in [-0.15, -0.1) is 0 Å². The van der Waals surface area contributed by atoms with E-state index in [4.69, 9.17) is 0 Å². The summed E-state index contributed by atoms with van der Waals surface area (Å²) in [5, 5.41) is 12.6. The lowest BCUT2D eigenvalue weighted by Gasteiger charge is -2.15. The van der Waals surface area contributed by atoms with E-state index < -0.39 is 0 Å². The van der Waals surface area contributed by atoms with Crippen LogP contribution in [0.5, 0.6) is 0 Å². The van der Waals surface area contributed by atoms with Crippen molar-refractivity contribution in [3.8, 4) is 0 Å². The van der Waals surface area contributed by atoms with Crippen LogP contribution < -0.4 is 5.32 Å². The van der Waals surface area contributed by atoms with Gasteiger partial charge in [0.1, 0.15) is 0 Å². The van der Waals surface area contributed by atoms with Crippen LogP contribution in [0, 0.1) is 13.8 Å². The van der Waals surface area contributed by atoms with Gasteiger partial charge in [-0.2, -0.15) is 0 Å². The smallest absolute Gasteiger partial charge is 0.237 e. The molecule has 0 saturated carbocycles. The Morgan fingerprint density at radius 1 is 1.41 bits per heavy atom. The van der Waals surface area contributed by atoms with Crippen LogP contribution >= 0.6 is 11.8 Å². The number of benzene rings is 1. The first kappa shape index (κ1) is 16.6. The van der Waals surface area contributed by atoms with E-state index in [1.54, 1.807) is 10.8 Å². The zero-order chi connectivity index (χ0) is 16.3. The molecule has 0 radical (unpaired) electrons. The molecule has 1 atom stereocenters. The van der Waals surface area contributed by atoms with Gasteiger partial charge in [0, 0.05) is 12.7 Å². The summed E-state index contributed by atoms with van der Waals surface area (Å²) >= 11 is 1.37. The maximum absolute atomic E-state index is 12.4. The van der Waals surface area contributed by atoms with E-state index in [9.17, 15) is 9.90 Å². The van der Waals surface area contributed by atoms with Gasteiger partial charge in [0.2, 0.25) is 5.91 Å². The number of amides is 1. The van der Waals surface area contributed by atoms with E-state index in [0.29, 0.717) is 5.16 Å². The third-order valence-corrected chi connectivity index (χ3v) is 4.74. The average molecular weight is 319 g/mol. The van der Waals surface area contributed by atoms with Crippen LogP contribution in [0.4, 0.5) is 5.69 Å². The number of aliphatic hydroxyl groups is 1. The van der Waals surface area contributed by atoms with E-state index >= 15 is 0 Å². The quantitative estimate of drug-likeness (QED) is 0.832. The van der Waals surface area contributed by atoms with E-state index in [2.05, 4.69) is 10.3 Å². The van der Waals surface area contributed by atoms with Gasteiger partial charge in [0.25, 0.3) is 0 Å². The normalized spacial score (nSPS) is 12.2. The minimum Gasteiger partial charge on any atom is -0.390 e. The fraction of sp³-hybridized carbons (Fsp3) is 0.375. The van der Waals surface area contributed by atoms with E-state index in [1.807, 2.05) is 46.0 Å². The minimum atomic E-state index is -0.286. The van der Waals surface area contributed by atoms with E-state index in [1.165, 1.54) is 11.8 Å². The van der Waals surface area contributed by atoms with E-state index in [-0.39, 0.29) is 17.8 Å². The Hall–Kier alpha value is -1.79. The molecule has 1 amide bonds. The molecular weight excluding hydrogens is 298 g/mol. The van der Waals surface area contributed by atoms with E-state index in [0.717, 1.165) is 22.5 Å². The molecule has 0 aliphatic heterocycles. The van der Waals surface area contributed by atoms with Crippen LogP contribution in [-0.4, -0.2) is 25.8 Å². The third-order valence-electron chi connectivity index (χ3n) is 3.58. The standard InChI is InChI=1S/C16H21N3O2S/c1-10-6-5-7-11(2)14(10)18-15(21)12(3)22-16-17-8-13(9-20)19(16)4/h5-8,12,20H,9H2,1-4H3,(H,18,21). The molecule has 0 saturated heterocycles. The average Bonchev–Trinajstić information content (AvgIpc) is 2.83. The number of para-hydroxylation sites is 1. The first-order valence-corrected chi connectivity index (χ1v) is 7.97. The summed E-state index contributed by atoms with van der Waals surface area (Å²) in [5.41, 5.74) is 3.69. The highest BCUT2D eigenvalue weighted by Crippen LogP contribution is 2.25. The lowest BCUT2D eigenvalue weighted by Crippen LogP contribution is -2.23. The summed E-state index contributed by atoms with van der Waals surface area (Å²) in [6, 6.07) is 5.93. The van der Waals surface area contributed by atoms with Crippen molar-refractivity contribution in [1.82, 2.24) is 9.55 Å². The highest BCUT2D eigenvalue weighted by molar-refractivity contribution is 8.00. The van der Waals surface area contributed by atoms with Gasteiger partial charge in [0.15, 0.2) is 5.16 Å². The number of nitrogens with one attached hydrogen (secondary N) is 1. The number of carbonyl (C=O) groups excluding carboxylic acids is 1. The highest BCUT2D eigenvalue weighted by atomic mass is 32.2. The van der Waals surface area contributed by atoms with Crippen molar-refractivity contribution in [3.63, 3.8) is 0 Å². The number of anilines is 1. The molecule has 0 fully saturated rings. The Kier molecular flexibility index (Phi) is 5.26. The molecule has 0 spiro atoms. The molecular formula is C16H21N3O2S. The molecule has 1 aromatic carbocycles. The second kappa shape index (κ2) is 6.98. The van der Waals surface area contributed by atoms with Crippen LogP contribution in [-0.2, 0) is 18.4 Å². The molecule has 5 nitrogen and oxygen atoms in total. The fourth-order valence-electron chi connectivity index (χ4n) is 2.13. The molecule has 0 aliphatic rings. The van der Waals surface area contributed by atoms with Gasteiger partial charge >= 0.3 is 0 Å². The summed E-state index contributed by atoms with van der Waals surface area (Å²) in [7, 11) is 1.83. The van der Waals surface area contributed by atoms with Crippen molar-refractivity contribution in [2.75, 3.05) is 5.32 Å². The Labute approximate surface area is 134 Å². The number of hydrogen-bond donors (Lipinski definition) is 2. The Balaban J connectivity index is 2.08. The van der Waals surface area contributed by atoms with Gasteiger partial charge in [-0.3, -0.25) is 4.79 Å². The number of aromatic nitrogens is 2. The first-order chi connectivity index (χ1) is 10.4. The molecule has 1 unspecified atom stereocenters. The van der Waals surface area contributed by atoms with Gasteiger partial charge < -0.3 is 15.0 Å². The van der Waals surface area contributed by atoms with Gasteiger partial charge in [-0.25, -0.2) is 4.98 Å². The zero-order valence-electron chi connectivity index (χ0n) is 13.3. The van der Waals surface area contributed by atoms with Crippen molar-refractivity contribution >= 4 is 23.4 Å². The summed E-state index contributed by atoms with van der Waals surface area (Å²) < 4.78 is 1.80. The minimum absolute atomic E-state index is 0.0593. The monoisotopic (exact) mass is 319 g/mol. The largest absolute Gasteiger partial charge is 0.390 e. The van der Waals surface area contributed by atoms with Crippen LogP contribution in [0.3, 0.4) is 0 Å². The topological polar surface area (TPSA) is 67.2 Å². The predicted octanol–water partition coefficient (Wildman–Crippen LogP) is 2.65. The van der Waals surface area contributed by atoms with Crippen LogP contribution in [0.2, 0.25) is 0 Å².